The summed E-state index contributed by atoms with van der Waals surface area (Å²) in [6, 6.07) is 3.37. The number of aromatic hydroxyl groups is 1. The van der Waals surface area contributed by atoms with Gasteiger partial charge < -0.3 is 25.5 Å². The van der Waals surface area contributed by atoms with E-state index in [2.05, 4.69) is 5.32 Å². The SMILES string of the molecule is O=C(O)c1cc(O)ccc1NC(=O)N(CCO)C1CCC1. The first-order valence-corrected chi connectivity index (χ1v) is 6.77. The molecule has 1 saturated carbocycles. The first kappa shape index (κ1) is 15.1. The van der Waals surface area contributed by atoms with E-state index in [0.29, 0.717) is 0 Å². The smallest absolute Gasteiger partial charge is 0.337 e. The molecule has 1 aromatic rings. The fraction of sp³-hybridized carbons (Fsp3) is 0.429. The van der Waals surface area contributed by atoms with Gasteiger partial charge in [0.25, 0.3) is 0 Å². The predicted octanol–water partition coefficient (Wildman–Crippen LogP) is 1.47. The maximum absolute atomic E-state index is 12.2. The van der Waals surface area contributed by atoms with Crippen molar-refractivity contribution >= 4 is 17.7 Å². The number of phenols is 1. The van der Waals surface area contributed by atoms with Gasteiger partial charge in [0.2, 0.25) is 0 Å². The maximum Gasteiger partial charge on any atom is 0.337 e. The molecule has 7 nitrogen and oxygen atoms in total. The number of aromatic carboxylic acids is 1. The number of phenolic OH excluding ortho intramolecular Hbond substituents is 1. The molecule has 0 radical (unpaired) electrons. The average molecular weight is 294 g/mol. The van der Waals surface area contributed by atoms with E-state index in [1.807, 2.05) is 0 Å². The topological polar surface area (TPSA) is 110 Å². The minimum absolute atomic E-state index is 0.0857. The summed E-state index contributed by atoms with van der Waals surface area (Å²) < 4.78 is 0. The summed E-state index contributed by atoms with van der Waals surface area (Å²) in [7, 11) is 0. The quantitative estimate of drug-likeness (QED) is 0.615. The molecular weight excluding hydrogens is 276 g/mol. The molecule has 2 amide bonds. The summed E-state index contributed by atoms with van der Waals surface area (Å²) in [6.45, 7) is 0.0578. The fourth-order valence-electron chi connectivity index (χ4n) is 2.26. The monoisotopic (exact) mass is 294 g/mol. The van der Waals surface area contributed by atoms with Gasteiger partial charge >= 0.3 is 12.0 Å². The van der Waals surface area contributed by atoms with Crippen LogP contribution in [-0.4, -0.2) is 51.4 Å². The lowest BCUT2D eigenvalue weighted by atomic mass is 9.91. The molecular formula is C14H18N2O5. The van der Waals surface area contributed by atoms with Crippen molar-refractivity contribution < 1.29 is 24.9 Å². The summed E-state index contributed by atoms with van der Waals surface area (Å²) in [5.74, 6) is -1.42. The molecule has 1 aliphatic carbocycles. The number of hydrogen-bond donors (Lipinski definition) is 4. The van der Waals surface area contributed by atoms with Crippen LogP contribution < -0.4 is 5.32 Å². The van der Waals surface area contributed by atoms with Crippen LogP contribution in [0.2, 0.25) is 0 Å². The van der Waals surface area contributed by atoms with Crippen LogP contribution in [0, 0.1) is 0 Å². The number of anilines is 1. The zero-order valence-electron chi connectivity index (χ0n) is 11.5. The van der Waals surface area contributed by atoms with Crippen molar-refractivity contribution in [2.24, 2.45) is 0 Å². The van der Waals surface area contributed by atoms with E-state index in [1.54, 1.807) is 0 Å². The molecule has 4 N–H and O–H groups in total. The van der Waals surface area contributed by atoms with Crippen LogP contribution in [0.3, 0.4) is 0 Å². The number of urea groups is 1. The third-order valence-electron chi connectivity index (χ3n) is 3.59. The van der Waals surface area contributed by atoms with E-state index in [4.69, 9.17) is 10.2 Å². The molecule has 1 aliphatic rings. The molecule has 0 saturated heterocycles. The van der Waals surface area contributed by atoms with Crippen molar-refractivity contribution in [2.75, 3.05) is 18.5 Å². The molecule has 0 spiro atoms. The summed E-state index contributed by atoms with van der Waals surface area (Å²) in [4.78, 5) is 24.9. The number of amides is 2. The Bertz CT molecular complexity index is 542. The summed E-state index contributed by atoms with van der Waals surface area (Å²) in [5, 5.41) is 30.0. The van der Waals surface area contributed by atoms with Crippen LogP contribution in [-0.2, 0) is 0 Å². The average Bonchev–Trinajstić information content (AvgIpc) is 2.38. The molecule has 0 unspecified atom stereocenters. The zero-order chi connectivity index (χ0) is 15.4. The van der Waals surface area contributed by atoms with E-state index < -0.39 is 12.0 Å². The number of benzene rings is 1. The maximum atomic E-state index is 12.2. The van der Waals surface area contributed by atoms with Gasteiger partial charge in [0, 0.05) is 12.6 Å². The number of carboxylic acids is 1. The number of nitrogens with one attached hydrogen (secondary N) is 1. The minimum Gasteiger partial charge on any atom is -0.508 e. The van der Waals surface area contributed by atoms with Gasteiger partial charge in [0.15, 0.2) is 0 Å². The Morgan fingerprint density at radius 1 is 1.33 bits per heavy atom. The number of hydrogen-bond acceptors (Lipinski definition) is 4. The first-order chi connectivity index (χ1) is 10.0. The Morgan fingerprint density at radius 2 is 2.05 bits per heavy atom. The predicted molar refractivity (Wildman–Crippen MR) is 75.5 cm³/mol. The molecule has 0 aromatic heterocycles. The number of carboxylic acid groups (broad SMARTS) is 1. The molecule has 2 rings (SSSR count). The summed E-state index contributed by atoms with van der Waals surface area (Å²) in [5.41, 5.74) is -0.0616. The van der Waals surface area contributed by atoms with Gasteiger partial charge in [-0.05, 0) is 37.5 Å². The van der Waals surface area contributed by atoms with Gasteiger partial charge in [0.1, 0.15) is 5.75 Å². The highest BCUT2D eigenvalue weighted by Crippen LogP contribution is 2.26. The molecule has 0 atom stereocenters. The first-order valence-electron chi connectivity index (χ1n) is 6.77. The van der Waals surface area contributed by atoms with Crippen molar-refractivity contribution in [2.45, 2.75) is 25.3 Å². The number of carbonyl (C=O) groups excluding carboxylic acids is 1. The lowest BCUT2D eigenvalue weighted by Gasteiger charge is -2.37. The van der Waals surface area contributed by atoms with Crippen LogP contribution in [0.1, 0.15) is 29.6 Å². The Morgan fingerprint density at radius 3 is 2.57 bits per heavy atom. The van der Waals surface area contributed by atoms with Crippen LogP contribution in [0.25, 0.3) is 0 Å². The second-order valence-electron chi connectivity index (χ2n) is 4.97. The summed E-state index contributed by atoms with van der Waals surface area (Å²) in [6.07, 6.45) is 2.81. The van der Waals surface area contributed by atoms with Crippen molar-refractivity contribution in [1.82, 2.24) is 4.90 Å². The Labute approximate surface area is 121 Å². The van der Waals surface area contributed by atoms with E-state index >= 15 is 0 Å². The normalized spacial score (nSPS) is 14.3. The van der Waals surface area contributed by atoms with Crippen molar-refractivity contribution in [3.63, 3.8) is 0 Å². The zero-order valence-corrected chi connectivity index (χ0v) is 11.5. The largest absolute Gasteiger partial charge is 0.508 e. The lowest BCUT2D eigenvalue weighted by Crippen LogP contribution is -2.47. The third-order valence-corrected chi connectivity index (χ3v) is 3.59. The molecule has 0 heterocycles. The van der Waals surface area contributed by atoms with Gasteiger partial charge in [0.05, 0.1) is 17.9 Å². The molecule has 0 aliphatic heterocycles. The van der Waals surface area contributed by atoms with E-state index in [1.165, 1.54) is 17.0 Å². The number of nitrogens with zero attached hydrogens (tertiary/aromatic N) is 1. The second kappa shape index (κ2) is 6.45. The Hall–Kier alpha value is -2.28. The van der Waals surface area contributed by atoms with Crippen LogP contribution >= 0.6 is 0 Å². The highest BCUT2D eigenvalue weighted by molar-refractivity contribution is 6.00. The van der Waals surface area contributed by atoms with Crippen molar-refractivity contribution in [3.05, 3.63) is 23.8 Å². The van der Waals surface area contributed by atoms with Crippen molar-refractivity contribution in [1.29, 1.82) is 0 Å². The van der Waals surface area contributed by atoms with E-state index in [9.17, 15) is 14.7 Å². The second-order valence-corrected chi connectivity index (χ2v) is 4.97. The number of aliphatic hydroxyl groups excluding tert-OH is 1. The fourth-order valence-corrected chi connectivity index (χ4v) is 2.26. The molecule has 114 valence electrons. The van der Waals surface area contributed by atoms with E-state index in [-0.39, 0.29) is 36.2 Å². The molecule has 21 heavy (non-hydrogen) atoms. The summed E-state index contributed by atoms with van der Waals surface area (Å²) >= 11 is 0. The van der Waals surface area contributed by atoms with Crippen molar-refractivity contribution in [3.8, 4) is 5.75 Å². The number of aliphatic hydroxyl groups is 1. The highest BCUT2D eigenvalue weighted by atomic mass is 16.4. The molecule has 7 heteroatoms. The van der Waals surface area contributed by atoms with Crippen LogP contribution in [0.4, 0.5) is 10.5 Å². The Balaban J connectivity index is 2.15. The van der Waals surface area contributed by atoms with Gasteiger partial charge in [-0.1, -0.05) is 0 Å². The minimum atomic E-state index is -1.24. The van der Waals surface area contributed by atoms with Gasteiger partial charge in [-0.3, -0.25) is 0 Å². The third kappa shape index (κ3) is 3.43. The standard InChI is InChI=1S/C14H18N2O5/c17-7-6-16(9-2-1-3-9)14(21)15-12-5-4-10(18)8-11(12)13(19)20/h4-5,8-9,17-18H,1-3,6-7H2,(H,15,21)(H,19,20). The van der Waals surface area contributed by atoms with E-state index in [0.717, 1.165) is 25.3 Å². The van der Waals surface area contributed by atoms with Gasteiger partial charge in [-0.25, -0.2) is 9.59 Å². The van der Waals surface area contributed by atoms with Gasteiger partial charge in [-0.2, -0.15) is 0 Å². The van der Waals surface area contributed by atoms with Crippen LogP contribution in [0.15, 0.2) is 18.2 Å². The molecule has 1 fully saturated rings. The van der Waals surface area contributed by atoms with Gasteiger partial charge in [-0.15, -0.1) is 0 Å². The number of rotatable bonds is 5. The Kier molecular flexibility index (Phi) is 4.64. The van der Waals surface area contributed by atoms with Crippen LogP contribution in [0.5, 0.6) is 5.75 Å². The lowest BCUT2D eigenvalue weighted by molar-refractivity contribution is 0.0697. The molecule has 0 bridgehead atoms. The highest BCUT2D eigenvalue weighted by Gasteiger charge is 2.29. The number of carbonyl (C=O) groups is 2. The molecule has 1 aromatic carbocycles.